The van der Waals surface area contributed by atoms with E-state index in [1.54, 1.807) is 0 Å². The molecule has 4 heteroatoms. The largest absolute Gasteiger partial charge is 0.381 e. The molecule has 1 heterocycles. The molecule has 21 heavy (non-hydrogen) atoms. The molecule has 2 N–H and O–H groups in total. The highest BCUT2D eigenvalue weighted by Gasteiger charge is 2.21. The van der Waals surface area contributed by atoms with Gasteiger partial charge in [0.15, 0.2) is 0 Å². The summed E-state index contributed by atoms with van der Waals surface area (Å²) in [6.45, 7) is 1.92. The first kappa shape index (κ1) is 14.5. The summed E-state index contributed by atoms with van der Waals surface area (Å²) in [6.07, 6.45) is 5.32. The number of rotatable bonds is 4. The number of benzene rings is 1. The normalized spacial score (nSPS) is 22.6. The molecule has 1 aromatic carbocycles. The summed E-state index contributed by atoms with van der Waals surface area (Å²) in [5.41, 5.74) is 2.79. The Morgan fingerprint density at radius 3 is 2.86 bits per heavy atom. The van der Waals surface area contributed by atoms with Gasteiger partial charge in [0.05, 0.1) is 6.54 Å². The Hall–Kier alpha value is -1.39. The molecule has 4 nitrogen and oxygen atoms in total. The average Bonchev–Trinajstić information content (AvgIpc) is 2.54. The number of hydrogen-bond acceptors (Lipinski definition) is 3. The zero-order valence-corrected chi connectivity index (χ0v) is 12.4. The Kier molecular flexibility index (Phi) is 4.88. The first-order valence-electron chi connectivity index (χ1n) is 8.01. The number of hydrogen-bond donors (Lipinski definition) is 2. The molecule has 1 unspecified atom stereocenters. The van der Waals surface area contributed by atoms with Crippen LogP contribution in [0.15, 0.2) is 24.3 Å². The van der Waals surface area contributed by atoms with E-state index in [9.17, 15) is 4.79 Å². The maximum atomic E-state index is 12.1. The summed E-state index contributed by atoms with van der Waals surface area (Å²) in [7, 11) is 0. The first-order chi connectivity index (χ1) is 10.3. The van der Waals surface area contributed by atoms with Crippen LogP contribution in [0.5, 0.6) is 0 Å². The third-order valence-electron chi connectivity index (χ3n) is 4.46. The molecule has 2 aliphatic rings. The molecule has 0 radical (unpaired) electrons. The number of carbonyl (C=O) groups excluding carboxylic acids is 1. The molecule has 1 aromatic rings. The smallest absolute Gasteiger partial charge is 0.234 e. The third kappa shape index (κ3) is 3.83. The number of carbonyl (C=O) groups is 1. The summed E-state index contributed by atoms with van der Waals surface area (Å²) >= 11 is 0. The predicted octanol–water partition coefficient (Wildman–Crippen LogP) is 1.95. The van der Waals surface area contributed by atoms with Gasteiger partial charge in [0.1, 0.15) is 0 Å². The number of nitrogens with one attached hydrogen (secondary N) is 2. The van der Waals surface area contributed by atoms with Crippen molar-refractivity contribution in [3.8, 4) is 0 Å². The minimum Gasteiger partial charge on any atom is -0.381 e. The molecule has 114 valence electrons. The molecule has 1 fully saturated rings. The van der Waals surface area contributed by atoms with Crippen LogP contribution in [0, 0.1) is 0 Å². The van der Waals surface area contributed by atoms with E-state index in [2.05, 4.69) is 34.9 Å². The molecule has 1 aliphatic carbocycles. The van der Waals surface area contributed by atoms with E-state index < -0.39 is 0 Å². The van der Waals surface area contributed by atoms with Gasteiger partial charge in [-0.15, -0.1) is 0 Å². The van der Waals surface area contributed by atoms with Crippen LogP contribution in [-0.4, -0.2) is 31.7 Å². The van der Waals surface area contributed by atoms with E-state index in [0.717, 1.165) is 38.9 Å². The first-order valence-corrected chi connectivity index (χ1v) is 8.01. The van der Waals surface area contributed by atoms with Crippen LogP contribution in [0.1, 0.15) is 42.9 Å². The number of ether oxygens (including phenoxy) is 1. The lowest BCUT2D eigenvalue weighted by atomic mass is 9.88. The Balaban J connectivity index is 1.50. The van der Waals surface area contributed by atoms with Crippen LogP contribution in [0.3, 0.4) is 0 Å². The van der Waals surface area contributed by atoms with Gasteiger partial charge in [0.2, 0.25) is 5.91 Å². The van der Waals surface area contributed by atoms with E-state index in [1.807, 2.05) is 0 Å². The van der Waals surface area contributed by atoms with Crippen molar-refractivity contribution in [2.24, 2.45) is 0 Å². The second-order valence-corrected chi connectivity index (χ2v) is 5.98. The lowest BCUT2D eigenvalue weighted by Gasteiger charge is -2.27. The van der Waals surface area contributed by atoms with Crippen LogP contribution in [0.25, 0.3) is 0 Å². The SMILES string of the molecule is O=C(CNC1CCCc2ccccc21)NC1CCOCC1. The Morgan fingerprint density at radius 2 is 2.00 bits per heavy atom. The van der Waals surface area contributed by atoms with Gasteiger partial charge in [-0.2, -0.15) is 0 Å². The Bertz CT molecular complexity index is 483. The maximum Gasteiger partial charge on any atom is 0.234 e. The van der Waals surface area contributed by atoms with Crippen molar-refractivity contribution < 1.29 is 9.53 Å². The lowest BCUT2D eigenvalue weighted by molar-refractivity contribution is -0.121. The highest BCUT2D eigenvalue weighted by atomic mass is 16.5. The minimum atomic E-state index is 0.102. The fourth-order valence-corrected chi connectivity index (χ4v) is 3.30. The molecular formula is C17H24N2O2. The van der Waals surface area contributed by atoms with Crippen molar-refractivity contribution in [3.05, 3.63) is 35.4 Å². The van der Waals surface area contributed by atoms with Crippen molar-refractivity contribution in [3.63, 3.8) is 0 Å². The second-order valence-electron chi connectivity index (χ2n) is 5.98. The monoisotopic (exact) mass is 288 g/mol. The van der Waals surface area contributed by atoms with Crippen LogP contribution in [0.4, 0.5) is 0 Å². The molecule has 1 saturated heterocycles. The third-order valence-corrected chi connectivity index (χ3v) is 4.46. The van der Waals surface area contributed by atoms with Crippen LogP contribution >= 0.6 is 0 Å². The van der Waals surface area contributed by atoms with Crippen LogP contribution in [0.2, 0.25) is 0 Å². The van der Waals surface area contributed by atoms with E-state index in [-0.39, 0.29) is 11.9 Å². The molecule has 1 amide bonds. The molecular weight excluding hydrogens is 264 g/mol. The van der Waals surface area contributed by atoms with E-state index in [1.165, 1.54) is 17.5 Å². The fraction of sp³-hybridized carbons (Fsp3) is 0.588. The lowest BCUT2D eigenvalue weighted by Crippen LogP contribution is -2.43. The van der Waals surface area contributed by atoms with Gasteiger partial charge < -0.3 is 15.4 Å². The molecule has 0 bridgehead atoms. The minimum absolute atomic E-state index is 0.102. The van der Waals surface area contributed by atoms with Crippen molar-refractivity contribution in [2.75, 3.05) is 19.8 Å². The van der Waals surface area contributed by atoms with Crippen molar-refractivity contribution in [1.82, 2.24) is 10.6 Å². The van der Waals surface area contributed by atoms with Crippen molar-refractivity contribution >= 4 is 5.91 Å². The summed E-state index contributed by atoms with van der Waals surface area (Å²) in [4.78, 5) is 12.1. The van der Waals surface area contributed by atoms with Crippen LogP contribution in [-0.2, 0) is 16.0 Å². The number of fused-ring (bicyclic) bond motifs is 1. The fourth-order valence-electron chi connectivity index (χ4n) is 3.30. The van der Waals surface area contributed by atoms with Crippen molar-refractivity contribution in [2.45, 2.75) is 44.2 Å². The standard InChI is InChI=1S/C17H24N2O2/c20-17(19-14-8-10-21-11-9-14)12-18-16-7-3-5-13-4-1-2-6-15(13)16/h1-2,4,6,14,16,18H,3,5,7-12H2,(H,19,20). The van der Waals surface area contributed by atoms with Gasteiger partial charge in [0, 0.05) is 25.3 Å². The van der Waals surface area contributed by atoms with Gasteiger partial charge in [-0.05, 0) is 43.2 Å². The van der Waals surface area contributed by atoms with Gasteiger partial charge in [-0.1, -0.05) is 24.3 Å². The molecule has 0 saturated carbocycles. The molecule has 0 spiro atoms. The zero-order valence-electron chi connectivity index (χ0n) is 12.4. The summed E-state index contributed by atoms with van der Waals surface area (Å²) in [5, 5.41) is 6.52. The van der Waals surface area contributed by atoms with Crippen molar-refractivity contribution in [1.29, 1.82) is 0 Å². The number of amides is 1. The average molecular weight is 288 g/mol. The second kappa shape index (κ2) is 7.05. The molecule has 3 rings (SSSR count). The van der Waals surface area contributed by atoms with Crippen LogP contribution < -0.4 is 10.6 Å². The van der Waals surface area contributed by atoms with E-state index >= 15 is 0 Å². The number of aryl methyl sites for hydroxylation is 1. The Morgan fingerprint density at radius 1 is 1.19 bits per heavy atom. The van der Waals surface area contributed by atoms with E-state index in [0.29, 0.717) is 12.6 Å². The summed E-state index contributed by atoms with van der Waals surface area (Å²) in [6, 6.07) is 9.16. The molecule has 1 atom stereocenters. The van der Waals surface area contributed by atoms with Gasteiger partial charge in [0.25, 0.3) is 0 Å². The van der Waals surface area contributed by atoms with Gasteiger partial charge in [-0.25, -0.2) is 0 Å². The Labute approximate surface area is 126 Å². The predicted molar refractivity (Wildman–Crippen MR) is 82.1 cm³/mol. The van der Waals surface area contributed by atoms with Gasteiger partial charge >= 0.3 is 0 Å². The quantitative estimate of drug-likeness (QED) is 0.890. The van der Waals surface area contributed by atoms with E-state index in [4.69, 9.17) is 4.74 Å². The summed E-state index contributed by atoms with van der Waals surface area (Å²) < 4.78 is 5.31. The van der Waals surface area contributed by atoms with Gasteiger partial charge in [-0.3, -0.25) is 4.79 Å². The highest BCUT2D eigenvalue weighted by molar-refractivity contribution is 5.78. The zero-order chi connectivity index (χ0) is 14.5. The maximum absolute atomic E-state index is 12.1. The molecule has 0 aromatic heterocycles. The molecule has 1 aliphatic heterocycles. The highest BCUT2D eigenvalue weighted by Crippen LogP contribution is 2.29. The summed E-state index contributed by atoms with van der Waals surface area (Å²) in [5.74, 6) is 0.102. The topological polar surface area (TPSA) is 50.4 Å².